The van der Waals surface area contributed by atoms with Crippen LogP contribution in [0.3, 0.4) is 0 Å². The molecule has 2 aliphatic rings. The topological polar surface area (TPSA) is 26.3 Å². The second-order valence-electron chi connectivity index (χ2n) is 4.52. The van der Waals surface area contributed by atoms with Gasteiger partial charge in [-0.15, -0.1) is 0 Å². The van der Waals surface area contributed by atoms with Crippen molar-refractivity contribution >= 4 is 5.78 Å². The number of hydrogen-bond acceptors (Lipinski definition) is 2. The van der Waals surface area contributed by atoms with Crippen LogP contribution in [0.15, 0.2) is 24.3 Å². The molecule has 1 atom stereocenters. The van der Waals surface area contributed by atoms with Crippen molar-refractivity contribution in [3.63, 3.8) is 0 Å². The number of carbonyl (C=O) groups is 1. The van der Waals surface area contributed by atoms with E-state index in [1.54, 1.807) is 0 Å². The number of para-hydroxylation sites is 1. The molecule has 0 amide bonds. The maximum absolute atomic E-state index is 12.0. The number of ether oxygens (including phenoxy) is 1. The molecule has 0 spiro atoms. The molecule has 3 rings (SSSR count). The van der Waals surface area contributed by atoms with Crippen LogP contribution in [-0.2, 0) is 4.79 Å². The van der Waals surface area contributed by atoms with Gasteiger partial charge in [0.15, 0.2) is 0 Å². The summed E-state index contributed by atoms with van der Waals surface area (Å²) < 4.78 is 5.51. The average Bonchev–Trinajstić information content (AvgIpc) is 2.96. The second kappa shape index (κ2) is 3.37. The Morgan fingerprint density at radius 1 is 1.33 bits per heavy atom. The first-order valence-electron chi connectivity index (χ1n) is 5.59. The lowest BCUT2D eigenvalue weighted by atomic mass is 9.94. The Kier molecular flexibility index (Phi) is 2.01. The molecule has 0 N–H and O–H groups in total. The van der Waals surface area contributed by atoms with E-state index in [0.29, 0.717) is 18.3 Å². The van der Waals surface area contributed by atoms with Crippen LogP contribution in [0.2, 0.25) is 0 Å². The number of hydrogen-bond donors (Lipinski definition) is 0. The van der Waals surface area contributed by atoms with Crippen molar-refractivity contribution in [1.29, 1.82) is 0 Å². The number of rotatable bonds is 3. The Morgan fingerprint density at radius 3 is 2.93 bits per heavy atom. The van der Waals surface area contributed by atoms with Crippen LogP contribution in [-0.4, -0.2) is 12.4 Å². The monoisotopic (exact) mass is 202 g/mol. The minimum Gasteiger partial charge on any atom is -0.492 e. The Morgan fingerprint density at radius 2 is 2.13 bits per heavy atom. The maximum atomic E-state index is 12.0. The zero-order chi connectivity index (χ0) is 10.3. The molecule has 0 bridgehead atoms. The van der Waals surface area contributed by atoms with Gasteiger partial charge in [0, 0.05) is 12.0 Å². The molecule has 1 fully saturated rings. The standard InChI is InChI=1S/C13H14O2/c14-12(7-9-5-6-9)11-8-15-13-4-2-1-3-10(11)13/h1-4,9,11H,5-8H2. The van der Waals surface area contributed by atoms with E-state index in [1.165, 1.54) is 12.8 Å². The SMILES string of the molecule is O=C(CC1CC1)C1COc2ccccc21. The highest BCUT2D eigenvalue weighted by atomic mass is 16.5. The molecular weight excluding hydrogens is 188 g/mol. The second-order valence-corrected chi connectivity index (χ2v) is 4.52. The predicted molar refractivity (Wildman–Crippen MR) is 57.0 cm³/mol. The number of ketones is 1. The van der Waals surface area contributed by atoms with Crippen LogP contribution in [0.4, 0.5) is 0 Å². The smallest absolute Gasteiger partial charge is 0.144 e. The predicted octanol–water partition coefficient (Wildman–Crippen LogP) is 2.53. The fourth-order valence-corrected chi connectivity index (χ4v) is 2.18. The lowest BCUT2D eigenvalue weighted by molar-refractivity contribution is -0.121. The molecule has 1 aromatic rings. The quantitative estimate of drug-likeness (QED) is 0.752. The summed E-state index contributed by atoms with van der Waals surface area (Å²) in [6.45, 7) is 0.547. The van der Waals surface area contributed by atoms with Gasteiger partial charge in [-0.2, -0.15) is 0 Å². The molecule has 1 aromatic carbocycles. The highest BCUT2D eigenvalue weighted by Crippen LogP contribution is 2.39. The minimum atomic E-state index is 0.00167. The molecule has 78 valence electrons. The van der Waals surface area contributed by atoms with Gasteiger partial charge in [0.25, 0.3) is 0 Å². The highest BCUT2D eigenvalue weighted by molar-refractivity contribution is 5.87. The molecule has 0 radical (unpaired) electrons. The van der Waals surface area contributed by atoms with Crippen molar-refractivity contribution < 1.29 is 9.53 Å². The van der Waals surface area contributed by atoms with Crippen molar-refractivity contribution in [1.82, 2.24) is 0 Å². The van der Waals surface area contributed by atoms with E-state index in [-0.39, 0.29) is 5.92 Å². The zero-order valence-electron chi connectivity index (χ0n) is 8.61. The molecule has 1 unspecified atom stereocenters. The Balaban J connectivity index is 1.80. The van der Waals surface area contributed by atoms with Crippen LogP contribution in [0.5, 0.6) is 5.75 Å². The van der Waals surface area contributed by atoms with E-state index in [9.17, 15) is 4.79 Å². The average molecular weight is 202 g/mol. The van der Waals surface area contributed by atoms with Crippen molar-refractivity contribution in [2.45, 2.75) is 25.2 Å². The summed E-state index contributed by atoms with van der Waals surface area (Å²) in [4.78, 5) is 12.0. The fourth-order valence-electron chi connectivity index (χ4n) is 2.18. The van der Waals surface area contributed by atoms with Gasteiger partial charge in [-0.25, -0.2) is 0 Å². The molecule has 15 heavy (non-hydrogen) atoms. The Hall–Kier alpha value is -1.31. The van der Waals surface area contributed by atoms with Gasteiger partial charge in [0.1, 0.15) is 18.1 Å². The Labute approximate surface area is 89.2 Å². The summed E-state index contributed by atoms with van der Waals surface area (Å²) in [5.74, 6) is 1.93. The van der Waals surface area contributed by atoms with Gasteiger partial charge in [0.05, 0.1) is 5.92 Å². The van der Waals surface area contributed by atoms with Gasteiger partial charge >= 0.3 is 0 Å². The molecule has 1 aliphatic heterocycles. The van der Waals surface area contributed by atoms with Gasteiger partial charge in [-0.05, 0) is 24.8 Å². The van der Waals surface area contributed by atoms with Crippen LogP contribution < -0.4 is 4.74 Å². The molecule has 1 aliphatic carbocycles. The minimum absolute atomic E-state index is 0.00167. The first kappa shape index (κ1) is 8.96. The number of benzene rings is 1. The summed E-state index contributed by atoms with van der Waals surface area (Å²) >= 11 is 0. The third-order valence-corrected chi connectivity index (χ3v) is 3.28. The largest absolute Gasteiger partial charge is 0.492 e. The molecule has 0 saturated heterocycles. The van der Waals surface area contributed by atoms with E-state index in [0.717, 1.165) is 17.7 Å². The van der Waals surface area contributed by atoms with Crippen molar-refractivity contribution in [2.75, 3.05) is 6.61 Å². The molecule has 0 aromatic heterocycles. The van der Waals surface area contributed by atoms with Crippen LogP contribution in [0, 0.1) is 5.92 Å². The van der Waals surface area contributed by atoms with E-state index in [4.69, 9.17) is 4.74 Å². The summed E-state index contributed by atoms with van der Waals surface area (Å²) in [6, 6.07) is 7.88. The first-order chi connectivity index (χ1) is 7.34. The van der Waals surface area contributed by atoms with Crippen molar-refractivity contribution in [3.05, 3.63) is 29.8 Å². The van der Waals surface area contributed by atoms with Crippen molar-refractivity contribution in [3.8, 4) is 5.75 Å². The van der Waals surface area contributed by atoms with Gasteiger partial charge in [-0.1, -0.05) is 18.2 Å². The van der Waals surface area contributed by atoms with E-state index in [2.05, 4.69) is 0 Å². The molecule has 2 heteroatoms. The van der Waals surface area contributed by atoms with Crippen LogP contribution >= 0.6 is 0 Å². The normalized spacial score (nSPS) is 23.3. The number of Topliss-reactive ketones (excluding diaryl/α,β-unsaturated/α-hetero) is 1. The maximum Gasteiger partial charge on any atom is 0.144 e. The molecule has 1 heterocycles. The summed E-state index contributed by atoms with van der Waals surface area (Å²) in [7, 11) is 0. The summed E-state index contributed by atoms with van der Waals surface area (Å²) in [5.41, 5.74) is 1.09. The highest BCUT2D eigenvalue weighted by Gasteiger charge is 2.33. The van der Waals surface area contributed by atoms with Gasteiger partial charge in [0.2, 0.25) is 0 Å². The molecule has 1 saturated carbocycles. The van der Waals surface area contributed by atoms with Crippen LogP contribution in [0.1, 0.15) is 30.7 Å². The number of carbonyl (C=O) groups excluding carboxylic acids is 1. The molecule has 2 nitrogen and oxygen atoms in total. The molecular formula is C13H14O2. The third-order valence-electron chi connectivity index (χ3n) is 3.28. The number of fused-ring (bicyclic) bond motifs is 1. The summed E-state index contributed by atoms with van der Waals surface area (Å²) in [5, 5.41) is 0. The fraction of sp³-hybridized carbons (Fsp3) is 0.462. The summed E-state index contributed by atoms with van der Waals surface area (Å²) in [6.07, 6.45) is 3.23. The Bertz CT molecular complexity index is 393. The van der Waals surface area contributed by atoms with E-state index < -0.39 is 0 Å². The van der Waals surface area contributed by atoms with Crippen LogP contribution in [0.25, 0.3) is 0 Å². The van der Waals surface area contributed by atoms with Gasteiger partial charge < -0.3 is 4.74 Å². The van der Waals surface area contributed by atoms with Crippen molar-refractivity contribution in [2.24, 2.45) is 5.92 Å². The van der Waals surface area contributed by atoms with Gasteiger partial charge in [-0.3, -0.25) is 4.79 Å². The zero-order valence-corrected chi connectivity index (χ0v) is 8.61. The third kappa shape index (κ3) is 1.65. The lowest BCUT2D eigenvalue weighted by Crippen LogP contribution is -2.14. The van der Waals surface area contributed by atoms with E-state index in [1.807, 2.05) is 24.3 Å². The first-order valence-corrected chi connectivity index (χ1v) is 5.59. The lowest BCUT2D eigenvalue weighted by Gasteiger charge is -2.06. The van der Waals surface area contributed by atoms with E-state index >= 15 is 0 Å².